The molecule has 0 aliphatic heterocycles. The highest BCUT2D eigenvalue weighted by molar-refractivity contribution is 5.37. The molecule has 0 aliphatic rings. The minimum absolute atomic E-state index is 0.256. The Balaban J connectivity index is 2.39. The third kappa shape index (κ3) is 4.67. The van der Waals surface area contributed by atoms with Crippen molar-refractivity contribution in [2.75, 3.05) is 19.8 Å². The number of nitro benzene ring substituents is 1. The molecule has 6 heteroatoms. The van der Waals surface area contributed by atoms with Crippen LogP contribution < -0.4 is 4.74 Å². The fourth-order valence-corrected chi connectivity index (χ4v) is 1.26. The number of hydrogen-bond donors (Lipinski definition) is 0. The van der Waals surface area contributed by atoms with E-state index in [0.717, 1.165) is 12.1 Å². The Morgan fingerprint density at radius 2 is 2.11 bits per heavy atom. The Hall–Kier alpha value is -1.69. The van der Waals surface area contributed by atoms with E-state index in [4.69, 9.17) is 9.47 Å². The minimum atomic E-state index is -0.902. The van der Waals surface area contributed by atoms with Crippen LogP contribution in [0.5, 0.6) is 5.75 Å². The maximum Gasteiger partial charge on any atom is 0.305 e. The van der Waals surface area contributed by atoms with Crippen LogP contribution in [-0.4, -0.2) is 24.7 Å². The molecule has 0 spiro atoms. The minimum Gasteiger partial charge on any atom is -0.491 e. The fourth-order valence-electron chi connectivity index (χ4n) is 1.26. The first-order valence-electron chi connectivity index (χ1n) is 5.65. The predicted molar refractivity (Wildman–Crippen MR) is 64.2 cm³/mol. The summed E-state index contributed by atoms with van der Waals surface area (Å²) in [7, 11) is 0. The molecule has 0 unspecified atom stereocenters. The average Bonchev–Trinajstić information content (AvgIpc) is 2.27. The third-order valence-electron chi connectivity index (χ3n) is 2.06. The summed E-state index contributed by atoms with van der Waals surface area (Å²) in [5, 5.41) is 10.4. The lowest BCUT2D eigenvalue weighted by Crippen LogP contribution is -2.10. The summed E-state index contributed by atoms with van der Waals surface area (Å²) in [6, 6.07) is 3.45. The van der Waals surface area contributed by atoms with Crippen molar-refractivity contribution in [2.45, 2.75) is 13.8 Å². The smallest absolute Gasteiger partial charge is 0.305 e. The molecule has 0 aliphatic carbocycles. The molecule has 0 saturated carbocycles. The summed E-state index contributed by atoms with van der Waals surface area (Å²) in [6.07, 6.45) is 0. The van der Waals surface area contributed by atoms with E-state index in [0.29, 0.717) is 19.1 Å². The third-order valence-corrected chi connectivity index (χ3v) is 2.06. The highest BCUT2D eigenvalue weighted by Gasteiger charge is 2.14. The van der Waals surface area contributed by atoms with Gasteiger partial charge in [0.05, 0.1) is 11.5 Å². The van der Waals surface area contributed by atoms with E-state index < -0.39 is 16.4 Å². The first kappa shape index (κ1) is 14.4. The molecule has 100 valence electrons. The molecule has 0 bridgehead atoms. The van der Waals surface area contributed by atoms with Crippen molar-refractivity contribution in [3.63, 3.8) is 0 Å². The summed E-state index contributed by atoms with van der Waals surface area (Å²) >= 11 is 0. The monoisotopic (exact) mass is 257 g/mol. The molecule has 1 aromatic rings. The van der Waals surface area contributed by atoms with E-state index >= 15 is 0 Å². The van der Waals surface area contributed by atoms with Gasteiger partial charge in [-0.25, -0.2) is 0 Å². The van der Waals surface area contributed by atoms with Gasteiger partial charge in [-0.05, 0) is 12.0 Å². The fraction of sp³-hybridized carbons (Fsp3) is 0.500. The lowest BCUT2D eigenvalue weighted by atomic mass is 10.2. The molecule has 18 heavy (non-hydrogen) atoms. The molecule has 0 N–H and O–H groups in total. The molecule has 0 saturated heterocycles. The summed E-state index contributed by atoms with van der Waals surface area (Å²) in [5.41, 5.74) is -0.557. The van der Waals surface area contributed by atoms with Crippen molar-refractivity contribution in [1.82, 2.24) is 0 Å². The second-order valence-corrected chi connectivity index (χ2v) is 4.19. The summed E-state index contributed by atoms with van der Waals surface area (Å²) in [4.78, 5) is 9.63. The second kappa shape index (κ2) is 6.90. The first-order chi connectivity index (χ1) is 8.50. The summed E-state index contributed by atoms with van der Waals surface area (Å²) < 4.78 is 23.7. The van der Waals surface area contributed by atoms with E-state index in [2.05, 4.69) is 0 Å². The molecule has 1 aromatic carbocycles. The van der Waals surface area contributed by atoms with Gasteiger partial charge in [-0.15, -0.1) is 0 Å². The second-order valence-electron chi connectivity index (χ2n) is 4.19. The van der Waals surface area contributed by atoms with Gasteiger partial charge >= 0.3 is 5.69 Å². The highest BCUT2D eigenvalue weighted by Crippen LogP contribution is 2.22. The van der Waals surface area contributed by atoms with E-state index in [9.17, 15) is 14.5 Å². The van der Waals surface area contributed by atoms with E-state index in [1.807, 2.05) is 13.8 Å². The van der Waals surface area contributed by atoms with Crippen LogP contribution in [0.3, 0.4) is 0 Å². The van der Waals surface area contributed by atoms with Crippen molar-refractivity contribution in [2.24, 2.45) is 5.92 Å². The molecule has 0 fully saturated rings. The molecular weight excluding hydrogens is 241 g/mol. The van der Waals surface area contributed by atoms with Crippen LogP contribution in [-0.2, 0) is 4.74 Å². The van der Waals surface area contributed by atoms with E-state index in [-0.39, 0.29) is 12.4 Å². The Kier molecular flexibility index (Phi) is 5.51. The van der Waals surface area contributed by atoms with Gasteiger partial charge in [0.1, 0.15) is 12.4 Å². The molecule has 0 aromatic heterocycles. The number of ether oxygens (including phenoxy) is 2. The maximum atomic E-state index is 13.2. The van der Waals surface area contributed by atoms with Crippen LogP contribution in [0, 0.1) is 21.8 Å². The molecule has 0 atom stereocenters. The van der Waals surface area contributed by atoms with Crippen LogP contribution in [0.4, 0.5) is 10.1 Å². The highest BCUT2D eigenvalue weighted by atomic mass is 19.1. The van der Waals surface area contributed by atoms with Crippen LogP contribution in [0.2, 0.25) is 0 Å². The number of nitrogens with zero attached hydrogens (tertiary/aromatic N) is 1. The number of hydrogen-bond acceptors (Lipinski definition) is 4. The van der Waals surface area contributed by atoms with Crippen molar-refractivity contribution in [3.8, 4) is 5.75 Å². The Morgan fingerprint density at radius 1 is 1.39 bits per heavy atom. The molecular formula is C12H16FNO4. The van der Waals surface area contributed by atoms with E-state index in [1.54, 1.807) is 0 Å². The van der Waals surface area contributed by atoms with Crippen molar-refractivity contribution >= 4 is 5.69 Å². The van der Waals surface area contributed by atoms with Crippen LogP contribution >= 0.6 is 0 Å². The number of rotatable bonds is 7. The zero-order valence-corrected chi connectivity index (χ0v) is 10.4. The van der Waals surface area contributed by atoms with Crippen molar-refractivity contribution < 1.29 is 18.8 Å². The Bertz CT molecular complexity index is 409. The van der Waals surface area contributed by atoms with Crippen molar-refractivity contribution in [1.29, 1.82) is 0 Å². The van der Waals surface area contributed by atoms with Gasteiger partial charge in [0.15, 0.2) is 0 Å². The standard InChI is InChI=1S/C12H16FNO4/c1-9(2)8-17-5-6-18-10-3-4-12(14(15)16)11(13)7-10/h3-4,7,9H,5-6,8H2,1-2H3. The zero-order chi connectivity index (χ0) is 13.5. The topological polar surface area (TPSA) is 61.6 Å². The van der Waals surface area contributed by atoms with Gasteiger partial charge in [-0.2, -0.15) is 4.39 Å². The normalized spacial score (nSPS) is 10.7. The van der Waals surface area contributed by atoms with Gasteiger partial charge in [0, 0.05) is 18.7 Å². The molecule has 0 heterocycles. The number of nitro groups is 1. The van der Waals surface area contributed by atoms with Gasteiger partial charge in [0.2, 0.25) is 5.82 Å². The summed E-state index contributed by atoms with van der Waals surface area (Å²) in [6.45, 7) is 5.39. The SMILES string of the molecule is CC(C)COCCOc1ccc([N+](=O)[O-])c(F)c1. The molecule has 1 rings (SSSR count). The molecule has 0 radical (unpaired) electrons. The summed E-state index contributed by atoms with van der Waals surface area (Å²) in [5.74, 6) is -0.200. The van der Waals surface area contributed by atoms with Crippen LogP contribution in [0.15, 0.2) is 18.2 Å². The van der Waals surface area contributed by atoms with Gasteiger partial charge < -0.3 is 9.47 Å². The van der Waals surface area contributed by atoms with Gasteiger partial charge in [-0.3, -0.25) is 10.1 Å². The number of halogens is 1. The quantitative estimate of drug-likeness (QED) is 0.428. The molecule has 0 amide bonds. The predicted octanol–water partition coefficient (Wildman–Crippen LogP) is 2.79. The molecule has 5 nitrogen and oxygen atoms in total. The van der Waals surface area contributed by atoms with Gasteiger partial charge in [-0.1, -0.05) is 13.8 Å². The van der Waals surface area contributed by atoms with E-state index in [1.165, 1.54) is 6.07 Å². The average molecular weight is 257 g/mol. The zero-order valence-electron chi connectivity index (χ0n) is 10.4. The largest absolute Gasteiger partial charge is 0.491 e. The van der Waals surface area contributed by atoms with Crippen molar-refractivity contribution in [3.05, 3.63) is 34.1 Å². The maximum absolute atomic E-state index is 13.2. The number of benzene rings is 1. The first-order valence-corrected chi connectivity index (χ1v) is 5.65. The lowest BCUT2D eigenvalue weighted by Gasteiger charge is -2.08. The lowest BCUT2D eigenvalue weighted by molar-refractivity contribution is -0.387. The Labute approximate surface area is 105 Å². The van der Waals surface area contributed by atoms with Gasteiger partial charge in [0.25, 0.3) is 0 Å². The van der Waals surface area contributed by atoms with Crippen LogP contribution in [0.1, 0.15) is 13.8 Å². The van der Waals surface area contributed by atoms with Crippen LogP contribution in [0.25, 0.3) is 0 Å². The Morgan fingerprint density at radius 3 is 2.67 bits per heavy atom.